The normalized spacial score (nSPS) is 17.2. The highest BCUT2D eigenvalue weighted by atomic mass is 32.2. The molecule has 0 bridgehead atoms. The van der Waals surface area contributed by atoms with Crippen molar-refractivity contribution < 1.29 is 13.2 Å². The average Bonchev–Trinajstić information content (AvgIpc) is 2.68. The Morgan fingerprint density at radius 1 is 1.07 bits per heavy atom. The van der Waals surface area contributed by atoms with E-state index in [4.69, 9.17) is 0 Å². The number of sulfonamides is 1. The van der Waals surface area contributed by atoms with Crippen LogP contribution < -0.4 is 5.32 Å². The van der Waals surface area contributed by atoms with Gasteiger partial charge in [-0.2, -0.15) is 4.31 Å². The molecule has 1 atom stereocenters. The minimum atomic E-state index is -3.49. The lowest BCUT2D eigenvalue weighted by Crippen LogP contribution is -2.43. The topological polar surface area (TPSA) is 66.5 Å². The van der Waals surface area contributed by atoms with Crippen molar-refractivity contribution in [3.63, 3.8) is 0 Å². The fraction of sp³-hybridized carbons (Fsp3) is 0.409. The first-order chi connectivity index (χ1) is 13.3. The first-order valence-corrected chi connectivity index (χ1v) is 11.2. The fourth-order valence-electron chi connectivity index (χ4n) is 3.82. The number of benzene rings is 2. The van der Waals surface area contributed by atoms with Gasteiger partial charge < -0.3 is 5.32 Å². The van der Waals surface area contributed by atoms with Gasteiger partial charge in [0.2, 0.25) is 15.9 Å². The summed E-state index contributed by atoms with van der Waals surface area (Å²) in [6.07, 6.45) is 1.08. The zero-order valence-electron chi connectivity index (χ0n) is 16.7. The van der Waals surface area contributed by atoms with E-state index in [0.29, 0.717) is 30.8 Å². The van der Waals surface area contributed by atoms with E-state index in [2.05, 4.69) is 37.4 Å². The SMILES string of the molecule is Cc1ccc([C@@H](C)NC(=O)C2CCN(S(=O)(=O)c3ccccc3)CC2)c(C)c1. The molecule has 1 N–H and O–H groups in total. The Hall–Kier alpha value is -2.18. The van der Waals surface area contributed by atoms with Crippen LogP contribution in [-0.4, -0.2) is 31.7 Å². The lowest BCUT2D eigenvalue weighted by Gasteiger charge is -2.31. The number of piperidine rings is 1. The molecule has 5 nitrogen and oxygen atoms in total. The lowest BCUT2D eigenvalue weighted by molar-refractivity contribution is -0.126. The summed E-state index contributed by atoms with van der Waals surface area (Å²) in [4.78, 5) is 13.0. The van der Waals surface area contributed by atoms with Gasteiger partial charge in [-0.3, -0.25) is 4.79 Å². The van der Waals surface area contributed by atoms with Gasteiger partial charge in [0.25, 0.3) is 0 Å². The molecule has 0 unspecified atom stereocenters. The van der Waals surface area contributed by atoms with E-state index >= 15 is 0 Å². The summed E-state index contributed by atoms with van der Waals surface area (Å²) >= 11 is 0. The van der Waals surface area contributed by atoms with E-state index in [1.807, 2.05) is 6.92 Å². The van der Waals surface area contributed by atoms with Gasteiger partial charge in [-0.15, -0.1) is 0 Å². The third-order valence-corrected chi connectivity index (χ3v) is 7.37. The van der Waals surface area contributed by atoms with E-state index in [-0.39, 0.29) is 17.9 Å². The Balaban J connectivity index is 1.59. The molecule has 150 valence electrons. The molecule has 28 heavy (non-hydrogen) atoms. The number of hydrogen-bond donors (Lipinski definition) is 1. The van der Waals surface area contributed by atoms with Crippen molar-refractivity contribution in [2.75, 3.05) is 13.1 Å². The summed E-state index contributed by atoms with van der Waals surface area (Å²) in [6, 6.07) is 14.6. The van der Waals surface area contributed by atoms with Crippen molar-refractivity contribution in [2.24, 2.45) is 5.92 Å². The average molecular weight is 401 g/mol. The molecule has 1 heterocycles. The van der Waals surface area contributed by atoms with Gasteiger partial charge in [0, 0.05) is 19.0 Å². The standard InChI is InChI=1S/C22H28N2O3S/c1-16-9-10-21(17(2)15-16)18(3)23-22(25)19-11-13-24(14-12-19)28(26,27)20-7-5-4-6-8-20/h4-10,15,18-19H,11-14H2,1-3H3,(H,23,25)/t18-/m1/s1. The van der Waals surface area contributed by atoms with Crippen molar-refractivity contribution in [3.8, 4) is 0 Å². The van der Waals surface area contributed by atoms with E-state index in [1.165, 1.54) is 9.87 Å². The van der Waals surface area contributed by atoms with Gasteiger partial charge in [0.05, 0.1) is 10.9 Å². The molecule has 1 aliphatic rings. The molecule has 0 aliphatic carbocycles. The van der Waals surface area contributed by atoms with Crippen molar-refractivity contribution in [2.45, 2.75) is 44.6 Å². The summed E-state index contributed by atoms with van der Waals surface area (Å²) in [7, 11) is -3.49. The lowest BCUT2D eigenvalue weighted by atomic mass is 9.95. The minimum Gasteiger partial charge on any atom is -0.349 e. The molecular formula is C22H28N2O3S. The molecule has 0 saturated carbocycles. The van der Waals surface area contributed by atoms with Gasteiger partial charge in [0.1, 0.15) is 0 Å². The highest BCUT2D eigenvalue weighted by molar-refractivity contribution is 7.89. The van der Waals surface area contributed by atoms with Crippen molar-refractivity contribution in [1.29, 1.82) is 0 Å². The molecule has 3 rings (SSSR count). The summed E-state index contributed by atoms with van der Waals surface area (Å²) in [5.74, 6) is -0.153. The maximum atomic E-state index is 12.7. The van der Waals surface area contributed by atoms with Crippen molar-refractivity contribution >= 4 is 15.9 Å². The highest BCUT2D eigenvalue weighted by Crippen LogP contribution is 2.25. The molecule has 2 aromatic carbocycles. The Morgan fingerprint density at radius 2 is 1.71 bits per heavy atom. The van der Waals surface area contributed by atoms with Gasteiger partial charge in [-0.25, -0.2) is 8.42 Å². The molecular weight excluding hydrogens is 372 g/mol. The molecule has 0 radical (unpaired) electrons. The number of rotatable bonds is 5. The highest BCUT2D eigenvalue weighted by Gasteiger charge is 2.32. The zero-order chi connectivity index (χ0) is 20.3. The summed E-state index contributed by atoms with van der Waals surface area (Å²) in [5.41, 5.74) is 3.48. The summed E-state index contributed by atoms with van der Waals surface area (Å²) in [5, 5.41) is 3.10. The summed E-state index contributed by atoms with van der Waals surface area (Å²) in [6.45, 7) is 6.83. The Labute approximate surface area is 167 Å². The molecule has 0 spiro atoms. The van der Waals surface area contributed by atoms with Crippen LogP contribution in [-0.2, 0) is 14.8 Å². The number of nitrogens with one attached hydrogen (secondary N) is 1. The van der Waals surface area contributed by atoms with Crippen LogP contribution in [0.15, 0.2) is 53.4 Å². The number of nitrogens with zero attached hydrogens (tertiary/aromatic N) is 1. The molecule has 1 amide bonds. The van der Waals surface area contributed by atoms with Crippen LogP contribution in [0.1, 0.15) is 42.5 Å². The third-order valence-electron chi connectivity index (χ3n) is 5.46. The quantitative estimate of drug-likeness (QED) is 0.834. The Kier molecular flexibility index (Phi) is 6.20. The first-order valence-electron chi connectivity index (χ1n) is 9.72. The maximum absolute atomic E-state index is 12.7. The third kappa shape index (κ3) is 4.45. The number of amides is 1. The molecule has 2 aromatic rings. The molecule has 1 aliphatic heterocycles. The second-order valence-electron chi connectivity index (χ2n) is 7.58. The molecule has 0 aromatic heterocycles. The van der Waals surface area contributed by atoms with E-state index in [0.717, 1.165) is 11.1 Å². The molecule has 1 saturated heterocycles. The smallest absolute Gasteiger partial charge is 0.243 e. The van der Waals surface area contributed by atoms with Crippen LogP contribution in [0.5, 0.6) is 0 Å². The van der Waals surface area contributed by atoms with Gasteiger partial charge in [-0.05, 0) is 56.9 Å². The second-order valence-corrected chi connectivity index (χ2v) is 9.52. The van der Waals surface area contributed by atoms with Gasteiger partial charge in [0.15, 0.2) is 0 Å². The van der Waals surface area contributed by atoms with Crippen LogP contribution >= 0.6 is 0 Å². The number of carbonyl (C=O) groups is 1. The first kappa shape index (κ1) is 20.6. The monoisotopic (exact) mass is 400 g/mol. The van der Waals surface area contributed by atoms with Gasteiger partial charge >= 0.3 is 0 Å². The van der Waals surface area contributed by atoms with Crippen LogP contribution in [0.25, 0.3) is 0 Å². The van der Waals surface area contributed by atoms with E-state index in [9.17, 15) is 13.2 Å². The summed E-state index contributed by atoms with van der Waals surface area (Å²) < 4.78 is 26.9. The zero-order valence-corrected chi connectivity index (χ0v) is 17.5. The second kappa shape index (κ2) is 8.45. The largest absolute Gasteiger partial charge is 0.349 e. The molecule has 1 fully saturated rings. The number of carbonyl (C=O) groups excluding carboxylic acids is 1. The predicted octanol–water partition coefficient (Wildman–Crippen LogP) is 3.58. The van der Waals surface area contributed by atoms with Crippen LogP contribution in [0, 0.1) is 19.8 Å². The fourth-order valence-corrected chi connectivity index (χ4v) is 5.31. The van der Waals surface area contributed by atoms with Crippen molar-refractivity contribution in [1.82, 2.24) is 9.62 Å². The maximum Gasteiger partial charge on any atom is 0.243 e. The van der Waals surface area contributed by atoms with Crippen LogP contribution in [0.4, 0.5) is 0 Å². The van der Waals surface area contributed by atoms with Crippen LogP contribution in [0.3, 0.4) is 0 Å². The minimum absolute atomic E-state index is 0.00392. The number of aryl methyl sites for hydroxylation is 2. The van der Waals surface area contributed by atoms with E-state index < -0.39 is 10.0 Å². The Morgan fingerprint density at radius 3 is 2.32 bits per heavy atom. The van der Waals surface area contributed by atoms with E-state index in [1.54, 1.807) is 30.3 Å². The predicted molar refractivity (Wildman–Crippen MR) is 110 cm³/mol. The van der Waals surface area contributed by atoms with Gasteiger partial charge in [-0.1, -0.05) is 42.0 Å². The molecule has 6 heteroatoms. The number of hydrogen-bond acceptors (Lipinski definition) is 3. The van der Waals surface area contributed by atoms with Crippen LogP contribution in [0.2, 0.25) is 0 Å². The van der Waals surface area contributed by atoms with Crippen molar-refractivity contribution in [3.05, 3.63) is 65.2 Å². The Bertz CT molecular complexity index is 934.